The molecule has 2 aromatic heterocycles. The van der Waals surface area contributed by atoms with Crippen LogP contribution in [0.5, 0.6) is 0 Å². The van der Waals surface area contributed by atoms with Crippen LogP contribution >= 0.6 is 11.3 Å². The second-order valence-corrected chi connectivity index (χ2v) is 4.89. The van der Waals surface area contributed by atoms with E-state index >= 15 is 0 Å². The largest absolute Gasteiger partial charge is 0.476 e. The maximum absolute atomic E-state index is 11.6. The summed E-state index contributed by atoms with van der Waals surface area (Å²) in [5.41, 5.74) is 0.0440. The zero-order chi connectivity index (χ0) is 14.4. The lowest BCUT2D eigenvalue weighted by atomic mass is 10.3. The molecular formula is C11H13N5O3S. The van der Waals surface area contributed by atoms with Crippen LogP contribution < -0.4 is 5.32 Å². The van der Waals surface area contributed by atoms with E-state index in [1.54, 1.807) is 17.1 Å². The summed E-state index contributed by atoms with van der Waals surface area (Å²) in [6.45, 7) is 0.912. The maximum atomic E-state index is 11.6. The van der Waals surface area contributed by atoms with Gasteiger partial charge in [-0.05, 0) is 0 Å². The summed E-state index contributed by atoms with van der Waals surface area (Å²) >= 11 is 1.28. The summed E-state index contributed by atoms with van der Waals surface area (Å²) in [7, 11) is 0. The van der Waals surface area contributed by atoms with E-state index in [2.05, 4.69) is 20.6 Å². The highest BCUT2D eigenvalue weighted by Gasteiger charge is 2.08. The van der Waals surface area contributed by atoms with Crippen molar-refractivity contribution in [1.29, 1.82) is 0 Å². The second-order valence-electron chi connectivity index (χ2n) is 3.95. The predicted molar refractivity (Wildman–Crippen MR) is 70.4 cm³/mol. The van der Waals surface area contributed by atoms with Gasteiger partial charge >= 0.3 is 5.97 Å². The van der Waals surface area contributed by atoms with Gasteiger partial charge in [-0.25, -0.2) is 9.78 Å². The third kappa shape index (κ3) is 4.12. The molecule has 0 saturated heterocycles. The Balaban J connectivity index is 1.67. The normalized spacial score (nSPS) is 10.4. The second kappa shape index (κ2) is 6.75. The van der Waals surface area contributed by atoms with Crippen LogP contribution in [-0.4, -0.2) is 43.5 Å². The number of amides is 1. The van der Waals surface area contributed by atoms with Crippen molar-refractivity contribution in [2.45, 2.75) is 19.4 Å². The smallest absolute Gasteiger partial charge is 0.355 e. The Morgan fingerprint density at radius 3 is 2.95 bits per heavy atom. The molecule has 0 saturated carbocycles. The summed E-state index contributed by atoms with van der Waals surface area (Å²) in [5, 5.41) is 21.1. The molecular weight excluding hydrogens is 282 g/mol. The molecule has 2 aromatic rings. The fourth-order valence-corrected chi connectivity index (χ4v) is 2.26. The number of aromatic carboxylic acids is 1. The first-order valence-corrected chi connectivity index (χ1v) is 6.81. The van der Waals surface area contributed by atoms with Crippen molar-refractivity contribution in [3.8, 4) is 0 Å². The first-order valence-electron chi connectivity index (χ1n) is 5.93. The van der Waals surface area contributed by atoms with Crippen molar-refractivity contribution >= 4 is 23.2 Å². The molecule has 9 heteroatoms. The molecule has 1 amide bonds. The van der Waals surface area contributed by atoms with Gasteiger partial charge in [0.1, 0.15) is 0 Å². The Labute approximate surface area is 118 Å². The van der Waals surface area contributed by atoms with Gasteiger partial charge in [0.15, 0.2) is 5.69 Å². The number of hydrogen-bond acceptors (Lipinski definition) is 6. The number of aromatic nitrogens is 4. The SMILES string of the molecule is O=C(CCn1ccnn1)NCCc1nc(C(=O)O)cs1. The highest BCUT2D eigenvalue weighted by atomic mass is 32.1. The summed E-state index contributed by atoms with van der Waals surface area (Å²) in [4.78, 5) is 26.2. The highest BCUT2D eigenvalue weighted by molar-refractivity contribution is 7.09. The van der Waals surface area contributed by atoms with Gasteiger partial charge in [-0.2, -0.15) is 0 Å². The predicted octanol–water partition coefficient (Wildman–Crippen LogP) is 0.182. The van der Waals surface area contributed by atoms with E-state index in [-0.39, 0.29) is 11.6 Å². The first-order chi connectivity index (χ1) is 9.65. The molecule has 20 heavy (non-hydrogen) atoms. The summed E-state index contributed by atoms with van der Waals surface area (Å²) in [6, 6.07) is 0. The zero-order valence-electron chi connectivity index (χ0n) is 10.5. The first kappa shape index (κ1) is 14.1. The van der Waals surface area contributed by atoms with Gasteiger partial charge in [0.2, 0.25) is 5.91 Å². The van der Waals surface area contributed by atoms with E-state index in [0.29, 0.717) is 30.9 Å². The molecule has 8 nitrogen and oxygen atoms in total. The number of aryl methyl sites for hydroxylation is 1. The van der Waals surface area contributed by atoms with Crippen LogP contribution in [0.15, 0.2) is 17.8 Å². The molecule has 106 valence electrons. The number of hydrogen-bond donors (Lipinski definition) is 2. The number of carboxylic acid groups (broad SMARTS) is 1. The lowest BCUT2D eigenvalue weighted by Crippen LogP contribution is -2.26. The molecule has 0 aromatic carbocycles. The third-order valence-corrected chi connectivity index (χ3v) is 3.38. The van der Waals surface area contributed by atoms with E-state index in [9.17, 15) is 9.59 Å². The molecule has 0 radical (unpaired) electrons. The molecule has 0 fully saturated rings. The number of rotatable bonds is 7. The van der Waals surface area contributed by atoms with Crippen LogP contribution in [0, 0.1) is 0 Å². The molecule has 2 N–H and O–H groups in total. The van der Waals surface area contributed by atoms with Crippen LogP contribution in [-0.2, 0) is 17.8 Å². The number of carbonyl (C=O) groups is 2. The monoisotopic (exact) mass is 295 g/mol. The average Bonchev–Trinajstić information content (AvgIpc) is 3.07. The van der Waals surface area contributed by atoms with Crippen LogP contribution in [0.3, 0.4) is 0 Å². The lowest BCUT2D eigenvalue weighted by Gasteiger charge is -2.03. The summed E-state index contributed by atoms with van der Waals surface area (Å²) in [5.74, 6) is -1.13. The number of nitrogens with zero attached hydrogens (tertiary/aromatic N) is 4. The minimum Gasteiger partial charge on any atom is -0.476 e. The molecule has 0 unspecified atom stereocenters. The lowest BCUT2D eigenvalue weighted by molar-refractivity contribution is -0.121. The number of carboxylic acids is 1. The fraction of sp³-hybridized carbons (Fsp3) is 0.364. The standard InChI is InChI=1S/C11H13N5O3S/c17-9(2-5-16-6-4-13-15-16)12-3-1-10-14-8(7-20-10)11(18)19/h4,6-7H,1-3,5H2,(H,12,17)(H,18,19). The Hall–Kier alpha value is -2.29. The van der Waals surface area contributed by atoms with Gasteiger partial charge < -0.3 is 10.4 Å². The van der Waals surface area contributed by atoms with Crippen molar-refractivity contribution < 1.29 is 14.7 Å². The van der Waals surface area contributed by atoms with Crippen LogP contribution in [0.2, 0.25) is 0 Å². The van der Waals surface area contributed by atoms with Gasteiger partial charge in [0, 0.05) is 31.0 Å². The molecule has 0 bridgehead atoms. The van der Waals surface area contributed by atoms with Crippen molar-refractivity contribution in [2.75, 3.05) is 6.54 Å². The van der Waals surface area contributed by atoms with Crippen molar-refractivity contribution in [3.05, 3.63) is 28.5 Å². The quantitative estimate of drug-likeness (QED) is 0.754. The van der Waals surface area contributed by atoms with E-state index < -0.39 is 5.97 Å². The highest BCUT2D eigenvalue weighted by Crippen LogP contribution is 2.09. The van der Waals surface area contributed by atoms with E-state index in [1.165, 1.54) is 16.7 Å². The minimum atomic E-state index is -1.04. The van der Waals surface area contributed by atoms with Gasteiger partial charge in [0.05, 0.1) is 17.7 Å². The fourth-order valence-electron chi connectivity index (χ4n) is 1.49. The molecule has 0 spiro atoms. The number of nitrogens with one attached hydrogen (secondary N) is 1. The van der Waals surface area contributed by atoms with Gasteiger partial charge in [-0.15, -0.1) is 16.4 Å². The van der Waals surface area contributed by atoms with Crippen LogP contribution in [0.25, 0.3) is 0 Å². The zero-order valence-corrected chi connectivity index (χ0v) is 11.3. The van der Waals surface area contributed by atoms with Crippen LogP contribution in [0.1, 0.15) is 21.9 Å². The van der Waals surface area contributed by atoms with Gasteiger partial charge in [-0.3, -0.25) is 9.48 Å². The van der Waals surface area contributed by atoms with Crippen molar-refractivity contribution in [3.63, 3.8) is 0 Å². The molecule has 0 aliphatic heterocycles. The topological polar surface area (TPSA) is 110 Å². The third-order valence-electron chi connectivity index (χ3n) is 2.47. The average molecular weight is 295 g/mol. The summed E-state index contributed by atoms with van der Waals surface area (Å²) in [6.07, 6.45) is 4.09. The van der Waals surface area contributed by atoms with Crippen molar-refractivity contribution in [2.24, 2.45) is 0 Å². The molecule has 0 aliphatic rings. The van der Waals surface area contributed by atoms with Gasteiger partial charge in [0.25, 0.3) is 0 Å². The number of carbonyl (C=O) groups excluding carboxylic acids is 1. The van der Waals surface area contributed by atoms with Crippen LogP contribution in [0.4, 0.5) is 0 Å². The molecule has 0 atom stereocenters. The maximum Gasteiger partial charge on any atom is 0.355 e. The van der Waals surface area contributed by atoms with E-state index in [4.69, 9.17) is 5.11 Å². The Morgan fingerprint density at radius 1 is 1.45 bits per heavy atom. The molecule has 2 rings (SSSR count). The Kier molecular flexibility index (Phi) is 4.77. The van der Waals surface area contributed by atoms with Crippen molar-refractivity contribution in [1.82, 2.24) is 25.3 Å². The van der Waals surface area contributed by atoms with E-state index in [0.717, 1.165) is 0 Å². The molecule has 0 aliphatic carbocycles. The summed E-state index contributed by atoms with van der Waals surface area (Å²) < 4.78 is 1.58. The Bertz CT molecular complexity index is 581. The van der Waals surface area contributed by atoms with Gasteiger partial charge in [-0.1, -0.05) is 5.21 Å². The van der Waals surface area contributed by atoms with E-state index in [1.807, 2.05) is 0 Å². The Morgan fingerprint density at radius 2 is 2.30 bits per heavy atom. The molecule has 2 heterocycles. The minimum absolute atomic E-state index is 0.0440. The number of thiazole rings is 1.